The Morgan fingerprint density at radius 1 is 1.08 bits per heavy atom. The molecule has 6 nitrogen and oxygen atoms in total. The van der Waals surface area contributed by atoms with Crippen LogP contribution < -0.4 is 4.74 Å². The molecule has 0 saturated carbocycles. The summed E-state index contributed by atoms with van der Waals surface area (Å²) >= 11 is 0. The summed E-state index contributed by atoms with van der Waals surface area (Å²) in [5.74, 6) is 0.383. The van der Waals surface area contributed by atoms with E-state index in [0.717, 1.165) is 0 Å². The lowest BCUT2D eigenvalue weighted by molar-refractivity contribution is -0.181. The van der Waals surface area contributed by atoms with Gasteiger partial charge in [0.25, 0.3) is 5.91 Å². The molecule has 0 radical (unpaired) electrons. The van der Waals surface area contributed by atoms with Crippen LogP contribution in [0.3, 0.4) is 0 Å². The van der Waals surface area contributed by atoms with Crippen molar-refractivity contribution in [2.24, 2.45) is 0 Å². The summed E-state index contributed by atoms with van der Waals surface area (Å²) in [7, 11) is 0. The maximum Gasteiger partial charge on any atom is 0.289 e. The number of halogens is 1. The van der Waals surface area contributed by atoms with Gasteiger partial charge in [-0.3, -0.25) is 4.79 Å². The highest BCUT2D eigenvalue weighted by Gasteiger charge is 2.41. The number of benzene rings is 1. The van der Waals surface area contributed by atoms with Crippen LogP contribution in [0.1, 0.15) is 29.2 Å². The van der Waals surface area contributed by atoms with Gasteiger partial charge in [-0.15, -0.1) is 0 Å². The second-order valence-electron chi connectivity index (χ2n) is 6.41. The first-order valence-electron chi connectivity index (χ1n) is 8.68. The molecule has 1 spiro atoms. The fourth-order valence-corrected chi connectivity index (χ4v) is 3.25. The fraction of sp³-hybridized carbons (Fsp3) is 0.421. The molecule has 2 aromatic rings. The van der Waals surface area contributed by atoms with Crippen molar-refractivity contribution in [3.8, 4) is 5.75 Å². The first-order chi connectivity index (χ1) is 12.6. The molecule has 1 aromatic carbocycles. The van der Waals surface area contributed by atoms with Crippen LogP contribution in [0.4, 0.5) is 4.39 Å². The van der Waals surface area contributed by atoms with E-state index < -0.39 is 5.79 Å². The van der Waals surface area contributed by atoms with Crippen LogP contribution in [-0.2, 0) is 16.1 Å². The van der Waals surface area contributed by atoms with Crippen LogP contribution in [-0.4, -0.2) is 42.9 Å². The second kappa shape index (κ2) is 7.09. The molecule has 7 heteroatoms. The molecule has 4 rings (SSSR count). The number of hydrogen-bond acceptors (Lipinski definition) is 5. The van der Waals surface area contributed by atoms with Crippen LogP contribution in [0.15, 0.2) is 40.8 Å². The first-order valence-corrected chi connectivity index (χ1v) is 8.68. The van der Waals surface area contributed by atoms with Crippen molar-refractivity contribution in [1.82, 2.24) is 4.90 Å². The lowest BCUT2D eigenvalue weighted by Crippen LogP contribution is -2.47. The van der Waals surface area contributed by atoms with Gasteiger partial charge in [-0.05, 0) is 36.4 Å². The highest BCUT2D eigenvalue weighted by atomic mass is 19.1. The number of likely N-dealkylation sites (tertiary alicyclic amines) is 1. The predicted molar refractivity (Wildman–Crippen MR) is 89.2 cm³/mol. The number of carbonyl (C=O) groups is 1. The standard InChI is InChI=1S/C19H20FNO5/c20-14-1-3-15(4-2-14)23-13-16-5-6-17(26-16)18(22)21-9-7-19(8-10-21)24-11-12-25-19/h1-6H,7-13H2. The number of piperidine rings is 1. The van der Waals surface area contributed by atoms with Gasteiger partial charge in [-0.1, -0.05) is 0 Å². The van der Waals surface area contributed by atoms with E-state index in [1.807, 2.05) is 0 Å². The van der Waals surface area contributed by atoms with Crippen LogP contribution in [0.25, 0.3) is 0 Å². The number of nitrogens with zero attached hydrogens (tertiary/aromatic N) is 1. The van der Waals surface area contributed by atoms with Crippen molar-refractivity contribution in [3.63, 3.8) is 0 Å². The summed E-state index contributed by atoms with van der Waals surface area (Å²) in [5.41, 5.74) is 0. The lowest BCUT2D eigenvalue weighted by Gasteiger charge is -2.37. The van der Waals surface area contributed by atoms with E-state index >= 15 is 0 Å². The molecule has 1 amide bonds. The Balaban J connectivity index is 1.32. The van der Waals surface area contributed by atoms with Gasteiger partial charge in [0.2, 0.25) is 0 Å². The van der Waals surface area contributed by atoms with E-state index in [0.29, 0.717) is 50.7 Å². The summed E-state index contributed by atoms with van der Waals surface area (Å²) in [6.07, 6.45) is 1.33. The predicted octanol–water partition coefficient (Wildman–Crippen LogP) is 2.98. The van der Waals surface area contributed by atoms with E-state index in [2.05, 4.69) is 0 Å². The Morgan fingerprint density at radius 3 is 2.46 bits per heavy atom. The zero-order valence-corrected chi connectivity index (χ0v) is 14.3. The molecule has 2 aliphatic heterocycles. The Labute approximate surface area is 150 Å². The van der Waals surface area contributed by atoms with Gasteiger partial charge in [-0.25, -0.2) is 4.39 Å². The van der Waals surface area contributed by atoms with Crippen molar-refractivity contribution in [2.75, 3.05) is 26.3 Å². The molecule has 0 atom stereocenters. The van der Waals surface area contributed by atoms with Gasteiger partial charge in [-0.2, -0.15) is 0 Å². The van der Waals surface area contributed by atoms with Gasteiger partial charge in [0, 0.05) is 25.9 Å². The van der Waals surface area contributed by atoms with Gasteiger partial charge >= 0.3 is 0 Å². The number of rotatable bonds is 4. The Kier molecular flexibility index (Phi) is 4.65. The first kappa shape index (κ1) is 17.1. The molecule has 0 aliphatic carbocycles. The number of carbonyl (C=O) groups excluding carboxylic acids is 1. The molecule has 2 saturated heterocycles. The van der Waals surface area contributed by atoms with Crippen LogP contribution >= 0.6 is 0 Å². The summed E-state index contributed by atoms with van der Waals surface area (Å²) in [6, 6.07) is 9.10. The van der Waals surface area contributed by atoms with Crippen LogP contribution in [0, 0.1) is 5.82 Å². The zero-order chi connectivity index (χ0) is 18.0. The average molecular weight is 361 g/mol. The molecule has 26 heavy (non-hydrogen) atoms. The van der Waals surface area contributed by atoms with E-state index in [9.17, 15) is 9.18 Å². The summed E-state index contributed by atoms with van der Waals surface area (Å²) in [4.78, 5) is 14.3. The van der Waals surface area contributed by atoms with Gasteiger partial charge < -0.3 is 23.5 Å². The van der Waals surface area contributed by atoms with E-state index in [4.69, 9.17) is 18.6 Å². The Morgan fingerprint density at radius 2 is 1.77 bits per heavy atom. The minimum atomic E-state index is -0.506. The highest BCUT2D eigenvalue weighted by Crippen LogP contribution is 2.31. The monoisotopic (exact) mass is 361 g/mol. The molecule has 2 fully saturated rings. The molecular formula is C19H20FNO5. The molecule has 138 valence electrons. The molecule has 0 unspecified atom stereocenters. The SMILES string of the molecule is O=C(c1ccc(COc2ccc(F)cc2)o1)N1CCC2(CC1)OCCO2. The van der Waals surface area contributed by atoms with E-state index in [1.165, 1.54) is 12.1 Å². The maximum absolute atomic E-state index is 12.9. The Hall–Kier alpha value is -2.38. The Bertz CT molecular complexity index is 756. The van der Waals surface area contributed by atoms with Crippen molar-refractivity contribution >= 4 is 5.91 Å². The smallest absolute Gasteiger partial charge is 0.289 e. The summed E-state index contributed by atoms with van der Waals surface area (Å²) < 4.78 is 35.4. The number of ether oxygens (including phenoxy) is 3. The average Bonchev–Trinajstić information content (AvgIpc) is 3.31. The van der Waals surface area contributed by atoms with Gasteiger partial charge in [0.1, 0.15) is 23.9 Å². The number of amides is 1. The van der Waals surface area contributed by atoms with Crippen LogP contribution in [0.2, 0.25) is 0 Å². The largest absolute Gasteiger partial charge is 0.486 e. The molecule has 0 bridgehead atoms. The maximum atomic E-state index is 12.9. The van der Waals surface area contributed by atoms with Crippen molar-refractivity contribution in [3.05, 3.63) is 53.7 Å². The van der Waals surface area contributed by atoms with Gasteiger partial charge in [0.15, 0.2) is 11.5 Å². The third-order valence-electron chi connectivity index (χ3n) is 4.69. The third kappa shape index (κ3) is 3.59. The number of furan rings is 1. The number of hydrogen-bond donors (Lipinski definition) is 0. The minimum Gasteiger partial charge on any atom is -0.486 e. The molecule has 0 N–H and O–H groups in total. The molecule has 1 aromatic heterocycles. The normalized spacial score (nSPS) is 19.0. The summed E-state index contributed by atoms with van der Waals surface area (Å²) in [5, 5.41) is 0. The minimum absolute atomic E-state index is 0.147. The topological polar surface area (TPSA) is 61.1 Å². The van der Waals surface area contributed by atoms with E-state index in [-0.39, 0.29) is 24.1 Å². The fourth-order valence-electron chi connectivity index (χ4n) is 3.25. The van der Waals surface area contributed by atoms with Gasteiger partial charge in [0.05, 0.1) is 13.2 Å². The third-order valence-corrected chi connectivity index (χ3v) is 4.69. The highest BCUT2D eigenvalue weighted by molar-refractivity contribution is 5.91. The lowest BCUT2D eigenvalue weighted by atomic mass is 10.0. The second-order valence-corrected chi connectivity index (χ2v) is 6.41. The molecule has 3 heterocycles. The van der Waals surface area contributed by atoms with Crippen molar-refractivity contribution in [2.45, 2.75) is 25.2 Å². The summed E-state index contributed by atoms with van der Waals surface area (Å²) in [6.45, 7) is 2.54. The zero-order valence-electron chi connectivity index (χ0n) is 14.3. The van der Waals surface area contributed by atoms with Crippen LogP contribution in [0.5, 0.6) is 5.75 Å². The van der Waals surface area contributed by atoms with E-state index in [1.54, 1.807) is 29.2 Å². The molecule has 2 aliphatic rings. The van der Waals surface area contributed by atoms with Crippen molar-refractivity contribution < 1.29 is 27.8 Å². The quantitative estimate of drug-likeness (QED) is 0.838. The molecular weight excluding hydrogens is 341 g/mol. The van der Waals surface area contributed by atoms with Crippen molar-refractivity contribution in [1.29, 1.82) is 0 Å².